The van der Waals surface area contributed by atoms with Crippen LogP contribution in [0.4, 0.5) is 10.5 Å². The first-order chi connectivity index (χ1) is 12.1. The highest BCUT2D eigenvalue weighted by atomic mass is 35.5. The number of rotatable bonds is 3. The molecule has 5 nitrogen and oxygen atoms in total. The SMILES string of the molecule is O=C(NCc1c2c(cc3c1OCC3)OCC2)Nc1ccc(Cl)c(Cl)c1. The van der Waals surface area contributed by atoms with Crippen LogP contribution in [0.25, 0.3) is 0 Å². The van der Waals surface area contributed by atoms with E-state index in [0.29, 0.717) is 35.5 Å². The highest BCUT2D eigenvalue weighted by molar-refractivity contribution is 6.42. The molecule has 2 heterocycles. The molecule has 0 aromatic heterocycles. The molecule has 2 aromatic rings. The van der Waals surface area contributed by atoms with Gasteiger partial charge in [-0.15, -0.1) is 0 Å². The van der Waals surface area contributed by atoms with Crippen molar-refractivity contribution in [2.75, 3.05) is 18.5 Å². The van der Waals surface area contributed by atoms with Gasteiger partial charge in [0, 0.05) is 41.8 Å². The summed E-state index contributed by atoms with van der Waals surface area (Å²) in [6.45, 7) is 1.71. The fourth-order valence-electron chi connectivity index (χ4n) is 3.19. The molecule has 0 saturated heterocycles. The maximum atomic E-state index is 12.2. The van der Waals surface area contributed by atoms with Gasteiger partial charge in [0.1, 0.15) is 11.5 Å². The van der Waals surface area contributed by atoms with E-state index in [1.165, 1.54) is 0 Å². The Morgan fingerprint density at radius 1 is 1.08 bits per heavy atom. The standard InChI is InChI=1S/C18H16Cl2N2O3/c19-14-2-1-11(8-15(14)20)22-18(23)21-9-13-12-4-6-24-16(12)7-10-3-5-25-17(10)13/h1-2,7-8H,3-6,9H2,(H2,21,22,23). The molecular weight excluding hydrogens is 363 g/mol. The van der Waals surface area contributed by atoms with Crippen LogP contribution in [0, 0.1) is 0 Å². The molecule has 2 aliphatic heterocycles. The van der Waals surface area contributed by atoms with E-state index in [9.17, 15) is 4.79 Å². The molecule has 2 amide bonds. The van der Waals surface area contributed by atoms with Crippen LogP contribution in [0.15, 0.2) is 24.3 Å². The Morgan fingerprint density at radius 3 is 2.76 bits per heavy atom. The quantitative estimate of drug-likeness (QED) is 0.841. The number of anilines is 1. The molecule has 2 aromatic carbocycles. The second kappa shape index (κ2) is 6.65. The maximum Gasteiger partial charge on any atom is 0.319 e. The molecule has 130 valence electrons. The highest BCUT2D eigenvalue weighted by Gasteiger charge is 2.26. The Kier molecular flexibility index (Phi) is 4.36. The van der Waals surface area contributed by atoms with Crippen molar-refractivity contribution in [3.8, 4) is 11.5 Å². The van der Waals surface area contributed by atoms with Crippen LogP contribution in [0.3, 0.4) is 0 Å². The average Bonchev–Trinajstić information content (AvgIpc) is 3.23. The zero-order valence-electron chi connectivity index (χ0n) is 13.3. The number of hydrogen-bond donors (Lipinski definition) is 2. The van der Waals surface area contributed by atoms with Crippen molar-refractivity contribution in [1.82, 2.24) is 5.32 Å². The molecule has 0 atom stereocenters. The van der Waals surface area contributed by atoms with E-state index in [1.807, 2.05) is 0 Å². The van der Waals surface area contributed by atoms with Crippen molar-refractivity contribution in [3.63, 3.8) is 0 Å². The third-order valence-electron chi connectivity index (χ3n) is 4.36. The summed E-state index contributed by atoms with van der Waals surface area (Å²) in [6.07, 6.45) is 1.70. The molecule has 0 aliphatic carbocycles. The molecule has 0 radical (unpaired) electrons. The molecule has 0 unspecified atom stereocenters. The van der Waals surface area contributed by atoms with Crippen LogP contribution in [0.5, 0.6) is 11.5 Å². The summed E-state index contributed by atoms with van der Waals surface area (Å²) in [7, 11) is 0. The first-order valence-electron chi connectivity index (χ1n) is 8.05. The van der Waals surface area contributed by atoms with Crippen LogP contribution in [0.2, 0.25) is 10.0 Å². The predicted octanol–water partition coefficient (Wildman–Crippen LogP) is 4.18. The fraction of sp³-hybridized carbons (Fsp3) is 0.278. The van der Waals surface area contributed by atoms with Crippen molar-refractivity contribution in [1.29, 1.82) is 0 Å². The Hall–Kier alpha value is -2.11. The third kappa shape index (κ3) is 3.22. The predicted molar refractivity (Wildman–Crippen MR) is 97.2 cm³/mol. The monoisotopic (exact) mass is 378 g/mol. The molecule has 2 aliphatic rings. The smallest absolute Gasteiger partial charge is 0.319 e. The van der Waals surface area contributed by atoms with Gasteiger partial charge in [0.2, 0.25) is 0 Å². The van der Waals surface area contributed by atoms with Gasteiger partial charge in [-0.3, -0.25) is 0 Å². The number of hydrogen-bond acceptors (Lipinski definition) is 3. The number of carbonyl (C=O) groups excluding carboxylic acids is 1. The van der Waals surface area contributed by atoms with Crippen molar-refractivity contribution in [2.24, 2.45) is 0 Å². The van der Waals surface area contributed by atoms with Gasteiger partial charge in [-0.1, -0.05) is 23.2 Å². The molecule has 25 heavy (non-hydrogen) atoms. The first kappa shape index (κ1) is 16.4. The number of ether oxygens (including phenoxy) is 2. The molecule has 0 fully saturated rings. The van der Waals surface area contributed by atoms with E-state index in [2.05, 4.69) is 16.7 Å². The minimum absolute atomic E-state index is 0.318. The van der Waals surface area contributed by atoms with Crippen LogP contribution in [-0.4, -0.2) is 19.2 Å². The highest BCUT2D eigenvalue weighted by Crippen LogP contribution is 2.40. The first-order valence-corrected chi connectivity index (χ1v) is 8.80. The van der Waals surface area contributed by atoms with Gasteiger partial charge < -0.3 is 20.1 Å². The average molecular weight is 379 g/mol. The van der Waals surface area contributed by atoms with Crippen LogP contribution >= 0.6 is 23.2 Å². The summed E-state index contributed by atoms with van der Waals surface area (Å²) in [5, 5.41) is 6.47. The summed E-state index contributed by atoms with van der Waals surface area (Å²) in [5.74, 6) is 1.80. The van der Waals surface area contributed by atoms with E-state index < -0.39 is 0 Å². The van der Waals surface area contributed by atoms with E-state index in [1.54, 1.807) is 18.2 Å². The minimum atomic E-state index is -0.318. The number of halogens is 2. The zero-order valence-corrected chi connectivity index (χ0v) is 14.8. The lowest BCUT2D eigenvalue weighted by molar-refractivity contribution is 0.251. The van der Waals surface area contributed by atoms with Crippen LogP contribution in [0.1, 0.15) is 16.7 Å². The van der Waals surface area contributed by atoms with E-state index in [-0.39, 0.29) is 6.03 Å². The minimum Gasteiger partial charge on any atom is -0.493 e. The number of nitrogens with one attached hydrogen (secondary N) is 2. The Labute approximate surface area is 155 Å². The summed E-state index contributed by atoms with van der Waals surface area (Å²) < 4.78 is 11.5. The summed E-state index contributed by atoms with van der Waals surface area (Å²) >= 11 is 11.8. The number of fused-ring (bicyclic) bond motifs is 2. The van der Waals surface area contributed by atoms with Gasteiger partial charge in [0.05, 0.1) is 23.3 Å². The van der Waals surface area contributed by atoms with Crippen molar-refractivity contribution in [2.45, 2.75) is 19.4 Å². The van der Waals surface area contributed by atoms with Crippen molar-refractivity contribution in [3.05, 3.63) is 51.0 Å². The molecule has 0 bridgehead atoms. The fourth-order valence-corrected chi connectivity index (χ4v) is 3.49. The van der Waals surface area contributed by atoms with E-state index >= 15 is 0 Å². The maximum absolute atomic E-state index is 12.2. The molecule has 2 N–H and O–H groups in total. The Bertz CT molecular complexity index is 822. The normalized spacial score (nSPS) is 14.3. The lowest BCUT2D eigenvalue weighted by atomic mass is 9.99. The van der Waals surface area contributed by atoms with Gasteiger partial charge >= 0.3 is 6.03 Å². The Balaban J connectivity index is 1.48. The molecule has 0 spiro atoms. The largest absolute Gasteiger partial charge is 0.493 e. The van der Waals surface area contributed by atoms with Gasteiger partial charge in [-0.05, 0) is 24.3 Å². The lowest BCUT2D eigenvalue weighted by Crippen LogP contribution is -2.28. The summed E-state index contributed by atoms with van der Waals surface area (Å²) in [5.41, 5.74) is 3.85. The van der Waals surface area contributed by atoms with E-state index in [0.717, 1.165) is 41.0 Å². The molecule has 7 heteroatoms. The topological polar surface area (TPSA) is 59.6 Å². The van der Waals surface area contributed by atoms with Crippen molar-refractivity contribution >= 4 is 34.9 Å². The number of amides is 2. The summed E-state index contributed by atoms with van der Waals surface area (Å²) in [4.78, 5) is 12.2. The zero-order chi connectivity index (χ0) is 17.4. The molecule has 4 rings (SSSR count). The van der Waals surface area contributed by atoms with Gasteiger partial charge in [-0.25, -0.2) is 4.79 Å². The third-order valence-corrected chi connectivity index (χ3v) is 5.10. The number of carbonyl (C=O) groups is 1. The van der Waals surface area contributed by atoms with Gasteiger partial charge in [-0.2, -0.15) is 0 Å². The number of benzene rings is 2. The van der Waals surface area contributed by atoms with Crippen LogP contribution in [-0.2, 0) is 19.4 Å². The van der Waals surface area contributed by atoms with Gasteiger partial charge in [0.15, 0.2) is 0 Å². The Morgan fingerprint density at radius 2 is 1.92 bits per heavy atom. The lowest BCUT2D eigenvalue weighted by Gasteiger charge is -2.14. The molecular formula is C18H16Cl2N2O3. The van der Waals surface area contributed by atoms with Gasteiger partial charge in [0.25, 0.3) is 0 Å². The number of urea groups is 1. The van der Waals surface area contributed by atoms with Crippen LogP contribution < -0.4 is 20.1 Å². The molecule has 0 saturated carbocycles. The summed E-state index contributed by atoms with van der Waals surface area (Å²) in [6, 6.07) is 6.69. The second-order valence-electron chi connectivity index (χ2n) is 5.95. The van der Waals surface area contributed by atoms with Crippen molar-refractivity contribution < 1.29 is 14.3 Å². The second-order valence-corrected chi connectivity index (χ2v) is 6.77. The van der Waals surface area contributed by atoms with E-state index in [4.69, 9.17) is 32.7 Å².